The first kappa shape index (κ1) is 13.9. The molecule has 1 saturated carbocycles. The Balaban J connectivity index is 1.64. The highest BCUT2D eigenvalue weighted by atomic mass is 16.5. The molecule has 2 heteroatoms. The molecular formula is C18H27NO. The topological polar surface area (TPSA) is 21.3 Å². The van der Waals surface area contributed by atoms with E-state index in [1.54, 1.807) is 0 Å². The van der Waals surface area contributed by atoms with E-state index in [0.717, 1.165) is 24.0 Å². The zero-order chi connectivity index (χ0) is 14.1. The van der Waals surface area contributed by atoms with Crippen molar-refractivity contribution in [3.63, 3.8) is 0 Å². The van der Waals surface area contributed by atoms with Crippen molar-refractivity contribution in [3.8, 4) is 5.75 Å². The van der Waals surface area contributed by atoms with Gasteiger partial charge < -0.3 is 10.1 Å². The summed E-state index contributed by atoms with van der Waals surface area (Å²) in [5, 5.41) is 3.52. The SMILES string of the molecule is CNC1CCC(C)CC1CC1Cc2cc(C)ccc2O1. The summed E-state index contributed by atoms with van der Waals surface area (Å²) in [7, 11) is 2.11. The lowest BCUT2D eigenvalue weighted by Crippen LogP contribution is -2.40. The number of rotatable bonds is 3. The van der Waals surface area contributed by atoms with E-state index in [4.69, 9.17) is 4.74 Å². The average molecular weight is 273 g/mol. The van der Waals surface area contributed by atoms with Crippen LogP contribution < -0.4 is 10.1 Å². The van der Waals surface area contributed by atoms with Crippen LogP contribution in [0.15, 0.2) is 18.2 Å². The fourth-order valence-corrected chi connectivity index (χ4v) is 4.06. The minimum Gasteiger partial charge on any atom is -0.490 e. The second-order valence-electron chi connectivity index (χ2n) is 6.86. The summed E-state index contributed by atoms with van der Waals surface area (Å²) in [6.07, 6.45) is 6.72. The molecule has 0 saturated heterocycles. The van der Waals surface area contributed by atoms with Crippen molar-refractivity contribution >= 4 is 0 Å². The first-order valence-electron chi connectivity index (χ1n) is 8.09. The Kier molecular flexibility index (Phi) is 4.02. The van der Waals surface area contributed by atoms with E-state index in [9.17, 15) is 0 Å². The number of hydrogen-bond acceptors (Lipinski definition) is 2. The minimum absolute atomic E-state index is 0.387. The fourth-order valence-electron chi connectivity index (χ4n) is 4.06. The van der Waals surface area contributed by atoms with Crippen LogP contribution in [0.4, 0.5) is 0 Å². The van der Waals surface area contributed by atoms with E-state index >= 15 is 0 Å². The lowest BCUT2D eigenvalue weighted by molar-refractivity contribution is 0.137. The Morgan fingerprint density at radius 3 is 2.95 bits per heavy atom. The number of nitrogens with one attached hydrogen (secondary N) is 1. The van der Waals surface area contributed by atoms with E-state index in [1.165, 1.54) is 36.8 Å². The van der Waals surface area contributed by atoms with Gasteiger partial charge in [-0.1, -0.05) is 24.6 Å². The number of hydrogen-bond donors (Lipinski definition) is 1. The van der Waals surface area contributed by atoms with Gasteiger partial charge in [-0.15, -0.1) is 0 Å². The summed E-state index contributed by atoms with van der Waals surface area (Å²) in [6.45, 7) is 4.56. The van der Waals surface area contributed by atoms with Gasteiger partial charge in [0, 0.05) is 12.5 Å². The highest BCUT2D eigenvalue weighted by Crippen LogP contribution is 2.37. The maximum atomic E-state index is 6.16. The Hall–Kier alpha value is -1.02. The van der Waals surface area contributed by atoms with Gasteiger partial charge in [-0.25, -0.2) is 0 Å². The van der Waals surface area contributed by atoms with Gasteiger partial charge in [-0.05, 0) is 63.1 Å². The molecule has 20 heavy (non-hydrogen) atoms. The van der Waals surface area contributed by atoms with Crippen LogP contribution in [-0.2, 0) is 6.42 Å². The van der Waals surface area contributed by atoms with Gasteiger partial charge in [0.1, 0.15) is 11.9 Å². The molecule has 0 radical (unpaired) electrons. The van der Waals surface area contributed by atoms with Gasteiger partial charge in [-0.3, -0.25) is 0 Å². The largest absolute Gasteiger partial charge is 0.490 e. The second kappa shape index (κ2) is 5.77. The standard InChI is InChI=1S/C18H27NO/c1-12-4-6-17(19-3)14(8-12)10-16-11-15-9-13(2)5-7-18(15)20-16/h5,7,9,12,14,16-17,19H,4,6,8,10-11H2,1-3H3. The van der Waals surface area contributed by atoms with E-state index in [1.807, 2.05) is 0 Å². The normalized spacial score (nSPS) is 32.8. The van der Waals surface area contributed by atoms with Gasteiger partial charge >= 0.3 is 0 Å². The maximum absolute atomic E-state index is 6.16. The molecule has 0 bridgehead atoms. The molecule has 3 rings (SSSR count). The third-order valence-corrected chi connectivity index (χ3v) is 5.14. The summed E-state index contributed by atoms with van der Waals surface area (Å²) in [5.41, 5.74) is 2.74. The van der Waals surface area contributed by atoms with Crippen molar-refractivity contribution in [2.75, 3.05) is 7.05 Å². The summed E-state index contributed by atoms with van der Waals surface area (Å²) in [6, 6.07) is 7.26. The molecule has 1 N–H and O–H groups in total. The molecule has 1 aliphatic carbocycles. The average Bonchev–Trinajstić information content (AvgIpc) is 2.80. The minimum atomic E-state index is 0.387. The highest BCUT2D eigenvalue weighted by molar-refractivity contribution is 5.40. The predicted molar refractivity (Wildman–Crippen MR) is 83.3 cm³/mol. The smallest absolute Gasteiger partial charge is 0.123 e. The maximum Gasteiger partial charge on any atom is 0.123 e. The molecule has 1 aliphatic heterocycles. The van der Waals surface area contributed by atoms with Crippen molar-refractivity contribution in [2.24, 2.45) is 11.8 Å². The summed E-state index contributed by atoms with van der Waals surface area (Å²) < 4.78 is 6.16. The van der Waals surface area contributed by atoms with Crippen molar-refractivity contribution in [1.82, 2.24) is 5.32 Å². The van der Waals surface area contributed by atoms with E-state index in [2.05, 4.69) is 44.4 Å². The van der Waals surface area contributed by atoms with Crippen molar-refractivity contribution < 1.29 is 4.74 Å². The monoisotopic (exact) mass is 273 g/mol. The molecule has 2 nitrogen and oxygen atoms in total. The van der Waals surface area contributed by atoms with Crippen LogP contribution in [0.2, 0.25) is 0 Å². The van der Waals surface area contributed by atoms with Gasteiger partial charge in [0.2, 0.25) is 0 Å². The molecule has 1 aromatic rings. The quantitative estimate of drug-likeness (QED) is 0.906. The number of ether oxygens (including phenoxy) is 1. The van der Waals surface area contributed by atoms with Gasteiger partial charge in [0.05, 0.1) is 0 Å². The first-order chi connectivity index (χ1) is 9.65. The zero-order valence-electron chi connectivity index (χ0n) is 13.0. The molecule has 2 aliphatic rings. The summed E-state index contributed by atoms with van der Waals surface area (Å²) >= 11 is 0. The Bertz CT molecular complexity index is 470. The van der Waals surface area contributed by atoms with Crippen molar-refractivity contribution in [2.45, 2.75) is 58.1 Å². The van der Waals surface area contributed by atoms with Crippen LogP contribution in [0, 0.1) is 18.8 Å². The van der Waals surface area contributed by atoms with Gasteiger partial charge in [0.25, 0.3) is 0 Å². The lowest BCUT2D eigenvalue weighted by Gasteiger charge is -2.36. The highest BCUT2D eigenvalue weighted by Gasteiger charge is 2.32. The van der Waals surface area contributed by atoms with Gasteiger partial charge in [0.15, 0.2) is 0 Å². The van der Waals surface area contributed by atoms with Gasteiger partial charge in [-0.2, -0.15) is 0 Å². The summed E-state index contributed by atoms with van der Waals surface area (Å²) in [4.78, 5) is 0. The third-order valence-electron chi connectivity index (χ3n) is 5.14. The predicted octanol–water partition coefficient (Wildman–Crippen LogP) is 3.71. The fraction of sp³-hybridized carbons (Fsp3) is 0.667. The van der Waals surface area contributed by atoms with E-state index in [0.29, 0.717) is 12.1 Å². The Labute approximate surface area is 122 Å². The Morgan fingerprint density at radius 1 is 1.30 bits per heavy atom. The third kappa shape index (κ3) is 2.85. The number of aryl methyl sites for hydroxylation is 1. The molecule has 1 heterocycles. The first-order valence-corrected chi connectivity index (χ1v) is 8.09. The van der Waals surface area contributed by atoms with Crippen LogP contribution in [0.3, 0.4) is 0 Å². The van der Waals surface area contributed by atoms with Crippen LogP contribution in [0.25, 0.3) is 0 Å². The van der Waals surface area contributed by atoms with Crippen LogP contribution in [-0.4, -0.2) is 19.2 Å². The molecule has 0 spiro atoms. The summed E-state index contributed by atoms with van der Waals surface area (Å²) in [5.74, 6) is 2.75. The van der Waals surface area contributed by atoms with Crippen LogP contribution in [0.1, 0.15) is 43.7 Å². The van der Waals surface area contributed by atoms with Crippen LogP contribution >= 0.6 is 0 Å². The molecule has 4 atom stereocenters. The molecule has 0 amide bonds. The number of fused-ring (bicyclic) bond motifs is 1. The van der Waals surface area contributed by atoms with E-state index < -0.39 is 0 Å². The molecule has 1 fully saturated rings. The molecule has 4 unspecified atom stereocenters. The molecule has 0 aromatic heterocycles. The second-order valence-corrected chi connectivity index (χ2v) is 6.86. The number of benzene rings is 1. The molecule has 110 valence electrons. The lowest BCUT2D eigenvalue weighted by atomic mass is 9.76. The van der Waals surface area contributed by atoms with E-state index in [-0.39, 0.29) is 0 Å². The van der Waals surface area contributed by atoms with Crippen molar-refractivity contribution in [1.29, 1.82) is 0 Å². The Morgan fingerprint density at radius 2 is 2.15 bits per heavy atom. The molecule has 1 aromatic carbocycles. The zero-order valence-corrected chi connectivity index (χ0v) is 13.0. The molecular weight excluding hydrogens is 246 g/mol. The van der Waals surface area contributed by atoms with Crippen molar-refractivity contribution in [3.05, 3.63) is 29.3 Å². The van der Waals surface area contributed by atoms with Crippen LogP contribution in [0.5, 0.6) is 5.75 Å².